The van der Waals surface area contributed by atoms with Crippen molar-refractivity contribution in [2.24, 2.45) is 5.92 Å². The van der Waals surface area contributed by atoms with Crippen LogP contribution in [0.4, 0.5) is 5.82 Å². The Morgan fingerprint density at radius 2 is 2.16 bits per heavy atom. The van der Waals surface area contributed by atoms with Crippen molar-refractivity contribution in [3.63, 3.8) is 0 Å². The van der Waals surface area contributed by atoms with Crippen molar-refractivity contribution in [3.8, 4) is 0 Å². The Morgan fingerprint density at radius 3 is 3.00 bits per heavy atom. The van der Waals surface area contributed by atoms with Gasteiger partial charge in [-0.25, -0.2) is 9.97 Å². The number of thiophene rings is 1. The number of aromatic nitrogens is 2. The molecule has 1 N–H and O–H groups in total. The highest BCUT2D eigenvalue weighted by Gasteiger charge is 2.32. The van der Waals surface area contributed by atoms with E-state index in [1.165, 1.54) is 0 Å². The molecule has 0 aliphatic carbocycles. The van der Waals surface area contributed by atoms with E-state index < -0.39 is 0 Å². The van der Waals surface area contributed by atoms with Crippen LogP contribution in [0.1, 0.15) is 25.7 Å². The molecular weight excluding hydrogens is 334 g/mol. The predicted octanol–water partition coefficient (Wildman–Crippen LogP) is 2.12. The molecule has 0 saturated carbocycles. The van der Waals surface area contributed by atoms with Crippen LogP contribution < -0.4 is 10.2 Å². The predicted molar refractivity (Wildman–Crippen MR) is 101 cm³/mol. The second-order valence-corrected chi connectivity index (χ2v) is 7.95. The van der Waals surface area contributed by atoms with Gasteiger partial charge in [0.15, 0.2) is 0 Å². The zero-order valence-corrected chi connectivity index (χ0v) is 15.5. The van der Waals surface area contributed by atoms with E-state index in [0.29, 0.717) is 11.9 Å². The monoisotopic (exact) mass is 359 g/mol. The minimum Gasteiger partial charge on any atom is -0.355 e. The van der Waals surface area contributed by atoms with Gasteiger partial charge in [-0.15, -0.1) is 11.3 Å². The Bertz CT molecular complexity index is 742. The van der Waals surface area contributed by atoms with Crippen molar-refractivity contribution in [3.05, 3.63) is 17.8 Å². The van der Waals surface area contributed by atoms with Gasteiger partial charge in [0.2, 0.25) is 5.91 Å². The second-order valence-electron chi connectivity index (χ2n) is 7.05. The molecule has 2 aromatic heterocycles. The van der Waals surface area contributed by atoms with Gasteiger partial charge in [-0.1, -0.05) is 0 Å². The number of hydrogen-bond acceptors (Lipinski definition) is 6. The minimum atomic E-state index is 0.0669. The molecule has 2 aromatic rings. The number of anilines is 1. The number of nitrogens with one attached hydrogen (secondary N) is 1. The molecule has 0 aromatic carbocycles. The van der Waals surface area contributed by atoms with Crippen molar-refractivity contribution in [1.29, 1.82) is 0 Å². The van der Waals surface area contributed by atoms with Gasteiger partial charge >= 0.3 is 0 Å². The fourth-order valence-electron chi connectivity index (χ4n) is 4.06. The van der Waals surface area contributed by atoms with E-state index in [1.54, 1.807) is 17.7 Å². The van der Waals surface area contributed by atoms with E-state index >= 15 is 0 Å². The summed E-state index contributed by atoms with van der Waals surface area (Å²) in [5, 5.41) is 6.53. The molecule has 6 nitrogen and oxygen atoms in total. The lowest BCUT2D eigenvalue weighted by Crippen LogP contribution is -2.49. The van der Waals surface area contributed by atoms with E-state index in [1.807, 2.05) is 11.9 Å². The molecule has 4 heterocycles. The zero-order chi connectivity index (χ0) is 17.2. The number of amides is 1. The smallest absolute Gasteiger partial charge is 0.227 e. The quantitative estimate of drug-likeness (QED) is 0.910. The molecule has 7 heteroatoms. The molecule has 2 fully saturated rings. The first kappa shape index (κ1) is 16.7. The lowest BCUT2D eigenvalue weighted by molar-refractivity contribution is -0.137. The van der Waals surface area contributed by atoms with Gasteiger partial charge in [0, 0.05) is 26.2 Å². The highest BCUT2D eigenvalue weighted by molar-refractivity contribution is 7.16. The molecule has 1 atom stereocenters. The molecule has 1 amide bonds. The van der Waals surface area contributed by atoms with Gasteiger partial charge in [0.1, 0.15) is 17.0 Å². The third-order valence-corrected chi connectivity index (χ3v) is 6.34. The number of nitrogens with zero attached hydrogens (tertiary/aromatic N) is 4. The maximum Gasteiger partial charge on any atom is 0.227 e. The van der Waals surface area contributed by atoms with Crippen LogP contribution in [-0.4, -0.2) is 60.0 Å². The molecule has 2 saturated heterocycles. The van der Waals surface area contributed by atoms with Gasteiger partial charge in [-0.05, 0) is 50.2 Å². The minimum absolute atomic E-state index is 0.0669. The normalized spacial score (nSPS) is 22.3. The Hall–Kier alpha value is -1.73. The first-order chi connectivity index (χ1) is 12.2. The van der Waals surface area contributed by atoms with Crippen LogP contribution in [0.25, 0.3) is 10.2 Å². The van der Waals surface area contributed by atoms with Crippen molar-refractivity contribution >= 4 is 33.3 Å². The number of piperidine rings is 2. The summed E-state index contributed by atoms with van der Waals surface area (Å²) >= 11 is 1.64. The largest absolute Gasteiger partial charge is 0.355 e. The Kier molecular flexibility index (Phi) is 4.85. The van der Waals surface area contributed by atoms with Crippen molar-refractivity contribution in [1.82, 2.24) is 20.2 Å². The third kappa shape index (κ3) is 3.35. The van der Waals surface area contributed by atoms with E-state index in [2.05, 4.69) is 31.6 Å². The second kappa shape index (κ2) is 7.25. The lowest BCUT2D eigenvalue weighted by atomic mass is 9.94. The van der Waals surface area contributed by atoms with Crippen LogP contribution in [0.2, 0.25) is 0 Å². The molecule has 0 spiro atoms. The van der Waals surface area contributed by atoms with Crippen LogP contribution in [0.15, 0.2) is 17.8 Å². The fourth-order valence-corrected chi connectivity index (χ4v) is 4.79. The SMILES string of the molecule is CN(C(=O)C1CCCN(c2ncnc3sccc23)C1)C1CCNCC1. The molecule has 1 unspecified atom stereocenters. The van der Waals surface area contributed by atoms with Crippen molar-refractivity contribution in [2.75, 3.05) is 38.1 Å². The van der Waals surface area contributed by atoms with E-state index in [-0.39, 0.29) is 5.92 Å². The molecule has 0 bridgehead atoms. The molecule has 4 rings (SSSR count). The van der Waals surface area contributed by atoms with Gasteiger partial charge in [0.25, 0.3) is 0 Å². The van der Waals surface area contributed by atoms with E-state index in [9.17, 15) is 4.79 Å². The highest BCUT2D eigenvalue weighted by Crippen LogP contribution is 2.30. The third-order valence-electron chi connectivity index (χ3n) is 5.51. The highest BCUT2D eigenvalue weighted by atomic mass is 32.1. The molecule has 2 aliphatic rings. The maximum atomic E-state index is 13.0. The van der Waals surface area contributed by atoms with Gasteiger partial charge in [-0.2, -0.15) is 0 Å². The summed E-state index contributed by atoms with van der Waals surface area (Å²) in [6, 6.07) is 2.47. The van der Waals surface area contributed by atoms with Crippen LogP contribution >= 0.6 is 11.3 Å². The van der Waals surface area contributed by atoms with Crippen molar-refractivity contribution < 1.29 is 4.79 Å². The Labute approximate surface area is 152 Å². The van der Waals surface area contributed by atoms with Crippen LogP contribution in [-0.2, 0) is 4.79 Å². The van der Waals surface area contributed by atoms with Crippen LogP contribution in [0.5, 0.6) is 0 Å². The van der Waals surface area contributed by atoms with Gasteiger partial charge in [-0.3, -0.25) is 4.79 Å². The average Bonchev–Trinajstić information content (AvgIpc) is 3.16. The Balaban J connectivity index is 1.49. The number of carbonyl (C=O) groups is 1. The van der Waals surface area contributed by atoms with Crippen LogP contribution in [0.3, 0.4) is 0 Å². The number of carbonyl (C=O) groups excluding carboxylic acids is 1. The molecule has 25 heavy (non-hydrogen) atoms. The summed E-state index contributed by atoms with van der Waals surface area (Å²) in [6.45, 7) is 3.74. The summed E-state index contributed by atoms with van der Waals surface area (Å²) in [5.74, 6) is 1.35. The molecule has 0 radical (unpaired) electrons. The summed E-state index contributed by atoms with van der Waals surface area (Å²) < 4.78 is 0. The molecule has 134 valence electrons. The maximum absolute atomic E-state index is 13.0. The topological polar surface area (TPSA) is 61.4 Å². The fraction of sp³-hybridized carbons (Fsp3) is 0.611. The van der Waals surface area contributed by atoms with E-state index in [0.717, 1.165) is 67.9 Å². The Morgan fingerprint density at radius 1 is 1.32 bits per heavy atom. The summed E-state index contributed by atoms with van der Waals surface area (Å²) in [4.78, 5) is 27.2. The van der Waals surface area contributed by atoms with Gasteiger partial charge < -0.3 is 15.1 Å². The number of rotatable bonds is 3. The molecule has 2 aliphatic heterocycles. The lowest BCUT2D eigenvalue weighted by Gasteiger charge is -2.38. The van der Waals surface area contributed by atoms with Crippen molar-refractivity contribution in [2.45, 2.75) is 31.7 Å². The summed E-state index contributed by atoms with van der Waals surface area (Å²) in [5.41, 5.74) is 0. The van der Waals surface area contributed by atoms with E-state index in [4.69, 9.17) is 0 Å². The van der Waals surface area contributed by atoms with Gasteiger partial charge in [0.05, 0.1) is 11.3 Å². The number of hydrogen-bond donors (Lipinski definition) is 1. The standard InChI is InChI=1S/C18H25N5OS/c1-22(14-4-7-19-8-5-14)18(24)13-3-2-9-23(11-13)16-15-6-10-25-17(15)21-12-20-16/h6,10,12-14,19H,2-5,7-9,11H2,1H3. The molecular formula is C18H25N5OS. The number of fused-ring (bicyclic) bond motifs is 1. The average molecular weight is 359 g/mol. The van der Waals surface area contributed by atoms with Crippen LogP contribution in [0, 0.1) is 5.92 Å². The zero-order valence-electron chi connectivity index (χ0n) is 14.6. The summed E-state index contributed by atoms with van der Waals surface area (Å²) in [6.07, 6.45) is 5.76. The summed E-state index contributed by atoms with van der Waals surface area (Å²) in [7, 11) is 1.99. The first-order valence-electron chi connectivity index (χ1n) is 9.14. The first-order valence-corrected chi connectivity index (χ1v) is 10.0.